The Bertz CT molecular complexity index is 962. The van der Waals surface area contributed by atoms with Gasteiger partial charge in [-0.25, -0.2) is 0 Å². The molecule has 0 aliphatic carbocycles. The molecule has 0 aromatic heterocycles. The summed E-state index contributed by atoms with van der Waals surface area (Å²) in [6, 6.07) is 3.93. The first kappa shape index (κ1) is 30.1. The van der Waals surface area contributed by atoms with Crippen molar-refractivity contribution in [1.29, 1.82) is 0 Å². The van der Waals surface area contributed by atoms with Gasteiger partial charge in [-0.3, -0.25) is 29.4 Å². The van der Waals surface area contributed by atoms with Crippen LogP contribution in [-0.2, 0) is 33.3 Å². The smallest absolute Gasteiger partial charge is 0.264 e. The van der Waals surface area contributed by atoms with E-state index < -0.39 is 29.7 Å². The number of halogens is 1. The molecule has 4 amide bonds. The quantitative estimate of drug-likeness (QED) is 0.134. The van der Waals surface area contributed by atoms with E-state index in [0.29, 0.717) is 78.3 Å². The number of carbonyl (C=O) groups excluding carboxylic acids is 4. The van der Waals surface area contributed by atoms with Gasteiger partial charge in [0.25, 0.3) is 11.8 Å². The van der Waals surface area contributed by atoms with Crippen LogP contribution in [0.2, 0.25) is 0 Å². The van der Waals surface area contributed by atoms with Crippen molar-refractivity contribution in [3.8, 4) is 0 Å². The monoisotopic (exact) mass is 599 g/mol. The van der Waals surface area contributed by atoms with E-state index in [1.165, 1.54) is 0 Å². The summed E-state index contributed by atoms with van der Waals surface area (Å²) >= 11 is 3.28. The van der Waals surface area contributed by atoms with Gasteiger partial charge < -0.3 is 29.0 Å². The van der Waals surface area contributed by atoms with Crippen molar-refractivity contribution in [2.45, 2.75) is 18.9 Å². The molecular weight excluding hydrogens is 566 g/mol. The van der Waals surface area contributed by atoms with Gasteiger partial charge in [0.2, 0.25) is 11.8 Å². The molecule has 1 fully saturated rings. The number of amides is 4. The van der Waals surface area contributed by atoms with E-state index in [0.717, 1.165) is 10.2 Å². The van der Waals surface area contributed by atoms with Crippen LogP contribution in [0.1, 0.15) is 33.6 Å². The molecule has 1 unspecified atom stereocenters. The van der Waals surface area contributed by atoms with Crippen LogP contribution in [0.4, 0.5) is 5.69 Å². The molecule has 2 aliphatic rings. The summed E-state index contributed by atoms with van der Waals surface area (Å²) in [6.07, 6.45) is 0.190. The lowest BCUT2D eigenvalue weighted by molar-refractivity contribution is -0.136. The number of hydrogen-bond donors (Lipinski definition) is 2. The minimum absolute atomic E-state index is 0.0757. The normalized spacial score (nSPS) is 17.2. The van der Waals surface area contributed by atoms with Crippen LogP contribution >= 0.6 is 15.9 Å². The summed E-state index contributed by atoms with van der Waals surface area (Å²) in [5.74, 6) is -2.13. The Morgan fingerprint density at radius 2 is 1.39 bits per heavy atom. The van der Waals surface area contributed by atoms with E-state index in [2.05, 4.69) is 26.6 Å². The van der Waals surface area contributed by atoms with Crippen molar-refractivity contribution in [3.63, 3.8) is 0 Å². The fraction of sp³-hybridized carbons (Fsp3) is 0.600. The minimum atomic E-state index is -0.996. The molecule has 38 heavy (non-hydrogen) atoms. The first-order chi connectivity index (χ1) is 18.5. The molecule has 1 saturated heterocycles. The number of imide groups is 2. The molecule has 0 saturated carbocycles. The molecule has 2 heterocycles. The number of hydrogen-bond acceptors (Lipinski definition) is 10. The number of alkyl halides is 1. The largest absolute Gasteiger partial charge is 0.382 e. The van der Waals surface area contributed by atoms with Crippen LogP contribution in [0.25, 0.3) is 0 Å². The number of anilines is 1. The van der Waals surface area contributed by atoms with Gasteiger partial charge in [-0.2, -0.15) is 0 Å². The van der Waals surface area contributed by atoms with E-state index in [9.17, 15) is 19.2 Å². The molecule has 1 aromatic rings. The van der Waals surface area contributed by atoms with Crippen LogP contribution in [-0.4, -0.2) is 113 Å². The maximum Gasteiger partial charge on any atom is 0.264 e. The number of ether oxygens (including phenoxy) is 5. The van der Waals surface area contributed by atoms with E-state index in [-0.39, 0.29) is 24.0 Å². The summed E-state index contributed by atoms with van der Waals surface area (Å²) in [5, 5.41) is 6.13. The Balaban J connectivity index is 1.26. The van der Waals surface area contributed by atoms with Crippen LogP contribution in [0.3, 0.4) is 0 Å². The lowest BCUT2D eigenvalue weighted by atomic mass is 10.0. The molecule has 1 atom stereocenters. The van der Waals surface area contributed by atoms with E-state index in [4.69, 9.17) is 23.7 Å². The van der Waals surface area contributed by atoms with Gasteiger partial charge in [-0.15, -0.1) is 0 Å². The van der Waals surface area contributed by atoms with Gasteiger partial charge in [0, 0.05) is 24.0 Å². The maximum atomic E-state index is 13.1. The number of rotatable bonds is 19. The summed E-state index contributed by atoms with van der Waals surface area (Å²) in [5.41, 5.74) is 0.939. The van der Waals surface area contributed by atoms with Crippen molar-refractivity contribution >= 4 is 45.2 Å². The van der Waals surface area contributed by atoms with Gasteiger partial charge in [0.1, 0.15) is 6.04 Å². The van der Waals surface area contributed by atoms with Crippen molar-refractivity contribution in [2.75, 3.05) is 83.3 Å². The van der Waals surface area contributed by atoms with Crippen molar-refractivity contribution in [2.24, 2.45) is 0 Å². The fourth-order valence-corrected chi connectivity index (χ4v) is 4.19. The highest BCUT2D eigenvalue weighted by Crippen LogP contribution is 2.32. The highest BCUT2D eigenvalue weighted by molar-refractivity contribution is 9.09. The van der Waals surface area contributed by atoms with Crippen LogP contribution in [0.15, 0.2) is 18.2 Å². The van der Waals surface area contributed by atoms with Crippen molar-refractivity contribution in [1.82, 2.24) is 10.2 Å². The van der Waals surface area contributed by atoms with E-state index in [1.54, 1.807) is 18.2 Å². The lowest BCUT2D eigenvalue weighted by Gasteiger charge is -2.27. The molecule has 2 N–H and O–H groups in total. The zero-order valence-corrected chi connectivity index (χ0v) is 22.8. The SMILES string of the molecule is O=C1CCC(N2C(=O)c3cccc(NCCOCCOCCOCCOCCOCCBr)c3C2=O)C(=O)N1. The predicted molar refractivity (Wildman–Crippen MR) is 139 cm³/mol. The fourth-order valence-electron chi connectivity index (χ4n) is 3.96. The number of fused-ring (bicyclic) bond motifs is 1. The molecular formula is C25H34BrN3O9. The summed E-state index contributed by atoms with van der Waals surface area (Å²) in [4.78, 5) is 50.6. The standard InChI is InChI=1S/C25H34BrN3O9/c26-6-8-34-10-12-36-14-16-38-17-15-37-13-11-35-9-7-27-19-3-1-2-18-22(19)25(33)29(24(18)32)20-4-5-21(30)28-23(20)31/h1-3,20,27H,4-17H2,(H,28,30,31). The Morgan fingerprint density at radius 3 is 1.97 bits per heavy atom. The van der Waals surface area contributed by atoms with Crippen molar-refractivity contribution < 1.29 is 42.9 Å². The summed E-state index contributed by atoms with van der Waals surface area (Å²) < 4.78 is 27.1. The Hall–Kier alpha value is -2.42. The lowest BCUT2D eigenvalue weighted by Crippen LogP contribution is -2.54. The average Bonchev–Trinajstić information content (AvgIpc) is 3.16. The molecule has 2 aliphatic heterocycles. The summed E-state index contributed by atoms with van der Waals surface area (Å²) in [7, 11) is 0. The van der Waals surface area contributed by atoms with Crippen LogP contribution in [0, 0.1) is 0 Å². The van der Waals surface area contributed by atoms with Crippen LogP contribution in [0.5, 0.6) is 0 Å². The second-order valence-corrected chi connectivity index (χ2v) is 9.15. The molecule has 0 radical (unpaired) electrons. The number of nitrogens with zero attached hydrogens (tertiary/aromatic N) is 1. The molecule has 210 valence electrons. The van der Waals surface area contributed by atoms with Gasteiger partial charge in [0.15, 0.2) is 0 Å². The molecule has 12 nitrogen and oxygen atoms in total. The molecule has 13 heteroatoms. The Kier molecular flexibility index (Phi) is 13.1. The predicted octanol–water partition coefficient (Wildman–Crippen LogP) is 0.978. The highest BCUT2D eigenvalue weighted by atomic mass is 79.9. The van der Waals surface area contributed by atoms with E-state index >= 15 is 0 Å². The maximum absolute atomic E-state index is 13.1. The van der Waals surface area contributed by atoms with Gasteiger partial charge in [-0.1, -0.05) is 22.0 Å². The second-order valence-electron chi connectivity index (χ2n) is 8.35. The molecule has 0 spiro atoms. The van der Waals surface area contributed by atoms with Crippen molar-refractivity contribution in [3.05, 3.63) is 29.3 Å². The van der Waals surface area contributed by atoms with Crippen LogP contribution < -0.4 is 10.6 Å². The second kappa shape index (κ2) is 16.5. The third-order valence-electron chi connectivity index (χ3n) is 5.74. The van der Waals surface area contributed by atoms with E-state index in [1.807, 2.05) is 0 Å². The number of nitrogens with one attached hydrogen (secondary N) is 2. The Morgan fingerprint density at radius 1 is 0.816 bits per heavy atom. The number of piperidine rings is 1. The molecule has 0 bridgehead atoms. The Labute approximate surface area is 229 Å². The zero-order chi connectivity index (χ0) is 27.2. The highest BCUT2D eigenvalue weighted by Gasteiger charge is 2.45. The third-order valence-corrected chi connectivity index (χ3v) is 6.06. The van der Waals surface area contributed by atoms with Gasteiger partial charge in [-0.05, 0) is 18.6 Å². The first-order valence-corrected chi connectivity index (χ1v) is 13.7. The van der Waals surface area contributed by atoms with Gasteiger partial charge in [0.05, 0.1) is 77.2 Å². The number of carbonyl (C=O) groups is 4. The molecule has 3 rings (SSSR count). The third kappa shape index (κ3) is 8.82. The average molecular weight is 600 g/mol. The first-order valence-electron chi connectivity index (χ1n) is 12.6. The zero-order valence-electron chi connectivity index (χ0n) is 21.2. The summed E-state index contributed by atoms with van der Waals surface area (Å²) in [6.45, 7) is 5.27. The molecule has 1 aromatic carbocycles. The number of benzene rings is 1. The van der Waals surface area contributed by atoms with Gasteiger partial charge >= 0.3 is 0 Å². The topological polar surface area (TPSA) is 142 Å². The minimum Gasteiger partial charge on any atom is -0.382 e.